The molecule has 0 spiro atoms. The van der Waals surface area contributed by atoms with E-state index in [2.05, 4.69) is 69.4 Å². The maximum Gasteiger partial charge on any atom is 0.306 e. The Balaban J connectivity index is 4.19. The van der Waals surface area contributed by atoms with Crippen molar-refractivity contribution in [2.45, 2.75) is 393 Å². The van der Waals surface area contributed by atoms with E-state index in [4.69, 9.17) is 14.2 Å². The first-order chi connectivity index (χ1) is 39.5. The van der Waals surface area contributed by atoms with Crippen LogP contribution < -0.4 is 0 Å². The van der Waals surface area contributed by atoms with Crippen LogP contribution in [0.25, 0.3) is 0 Å². The molecular weight excluding hydrogens is 985 g/mol. The summed E-state index contributed by atoms with van der Waals surface area (Å²) >= 11 is 0. The van der Waals surface area contributed by atoms with Crippen LogP contribution in [0.2, 0.25) is 0 Å². The van der Waals surface area contributed by atoms with Gasteiger partial charge in [0.2, 0.25) is 0 Å². The molecule has 0 aromatic carbocycles. The smallest absolute Gasteiger partial charge is 0.306 e. The van der Waals surface area contributed by atoms with Crippen LogP contribution in [0.1, 0.15) is 387 Å². The molecule has 0 amide bonds. The summed E-state index contributed by atoms with van der Waals surface area (Å²) in [5.41, 5.74) is 0. The summed E-state index contributed by atoms with van der Waals surface area (Å²) in [6.07, 6.45) is 87.2. The summed E-state index contributed by atoms with van der Waals surface area (Å²) in [4.78, 5) is 38.4. The molecule has 0 radical (unpaired) electrons. The van der Waals surface area contributed by atoms with Gasteiger partial charge in [0.1, 0.15) is 13.2 Å². The maximum absolute atomic E-state index is 13.0. The fourth-order valence-corrected chi connectivity index (χ4v) is 10.8. The van der Waals surface area contributed by atoms with E-state index >= 15 is 0 Å². The molecule has 0 aliphatic carbocycles. The largest absolute Gasteiger partial charge is 0.462 e. The second-order valence-electron chi connectivity index (χ2n) is 24.1. The molecule has 0 saturated carbocycles. The topological polar surface area (TPSA) is 78.9 Å². The van der Waals surface area contributed by atoms with Crippen LogP contribution in [0.4, 0.5) is 0 Å². The molecule has 6 heteroatoms. The van der Waals surface area contributed by atoms with Crippen molar-refractivity contribution < 1.29 is 28.6 Å². The maximum atomic E-state index is 13.0. The second kappa shape index (κ2) is 68.9. The molecular formula is C74H136O6. The van der Waals surface area contributed by atoms with Gasteiger partial charge >= 0.3 is 17.9 Å². The third-order valence-electron chi connectivity index (χ3n) is 16.1. The molecule has 1 unspecified atom stereocenters. The highest BCUT2D eigenvalue weighted by Gasteiger charge is 2.19. The predicted molar refractivity (Wildman–Crippen MR) is 349 cm³/mol. The van der Waals surface area contributed by atoms with Gasteiger partial charge in [-0.2, -0.15) is 0 Å². The van der Waals surface area contributed by atoms with Crippen LogP contribution in [0.5, 0.6) is 0 Å². The van der Waals surface area contributed by atoms with E-state index in [1.165, 1.54) is 263 Å². The van der Waals surface area contributed by atoms with Crippen molar-refractivity contribution in [3.05, 3.63) is 48.6 Å². The number of rotatable bonds is 66. The number of esters is 3. The Morgan fingerprint density at radius 3 is 0.762 bits per heavy atom. The van der Waals surface area contributed by atoms with Gasteiger partial charge in [0.05, 0.1) is 0 Å². The zero-order chi connectivity index (χ0) is 57.8. The van der Waals surface area contributed by atoms with Gasteiger partial charge in [0.25, 0.3) is 0 Å². The number of allylic oxidation sites excluding steroid dienone is 8. The van der Waals surface area contributed by atoms with Gasteiger partial charge in [-0.3, -0.25) is 14.4 Å². The minimum atomic E-state index is -0.769. The molecule has 0 fully saturated rings. The van der Waals surface area contributed by atoms with E-state index in [-0.39, 0.29) is 31.1 Å². The third kappa shape index (κ3) is 66.2. The highest BCUT2D eigenvalue weighted by atomic mass is 16.6. The van der Waals surface area contributed by atoms with Crippen LogP contribution in [0, 0.1) is 0 Å². The lowest BCUT2D eigenvalue weighted by Crippen LogP contribution is -2.30. The number of carbonyl (C=O) groups is 3. The van der Waals surface area contributed by atoms with Gasteiger partial charge in [-0.15, -0.1) is 0 Å². The predicted octanol–water partition coefficient (Wildman–Crippen LogP) is 24.5. The minimum absolute atomic E-state index is 0.0662. The van der Waals surface area contributed by atoms with Crippen molar-refractivity contribution in [1.29, 1.82) is 0 Å². The first-order valence-electron chi connectivity index (χ1n) is 35.6. The van der Waals surface area contributed by atoms with Crippen LogP contribution in [0.3, 0.4) is 0 Å². The number of unbranched alkanes of at least 4 members (excludes halogenated alkanes) is 47. The minimum Gasteiger partial charge on any atom is -0.462 e. The van der Waals surface area contributed by atoms with Gasteiger partial charge in [0.15, 0.2) is 6.10 Å². The second-order valence-corrected chi connectivity index (χ2v) is 24.1. The van der Waals surface area contributed by atoms with E-state index < -0.39 is 6.10 Å². The van der Waals surface area contributed by atoms with Crippen LogP contribution in [-0.4, -0.2) is 37.2 Å². The Morgan fingerprint density at radius 2 is 0.487 bits per heavy atom. The lowest BCUT2D eigenvalue weighted by Gasteiger charge is -2.18. The molecule has 0 aliphatic rings. The molecule has 468 valence electrons. The summed E-state index contributed by atoms with van der Waals surface area (Å²) in [6, 6.07) is 0. The summed E-state index contributed by atoms with van der Waals surface area (Å²) in [6.45, 7) is 6.60. The fraction of sp³-hybridized carbons (Fsp3) is 0.851. The van der Waals surface area contributed by atoms with E-state index in [0.717, 1.165) is 83.5 Å². The zero-order valence-corrected chi connectivity index (χ0v) is 53.9. The Hall–Kier alpha value is -2.63. The van der Waals surface area contributed by atoms with Crippen LogP contribution >= 0.6 is 0 Å². The Labute approximate surface area is 498 Å². The van der Waals surface area contributed by atoms with E-state index in [0.29, 0.717) is 19.3 Å². The standard InChI is InChI=1S/C74H136O6/c1-4-7-10-13-16-19-22-25-27-29-31-33-35-36-37-38-40-41-43-45-47-49-52-55-58-61-64-67-73(76)79-70-71(69-78-72(75)66-63-60-57-54-51-24-21-18-15-12-9-6-3)80-74(77)68-65-62-59-56-53-50-48-46-44-42-39-34-32-30-28-26-23-20-17-14-11-8-5-2/h7,10,16,19,25,27,31,33,71H,4-6,8-9,11-15,17-18,20-24,26,28-30,32,34-70H2,1-3H3/b10-7-,19-16-,27-25-,33-31-. The molecule has 1 atom stereocenters. The van der Waals surface area contributed by atoms with Crippen molar-refractivity contribution in [3.8, 4) is 0 Å². The summed E-state index contributed by atoms with van der Waals surface area (Å²) in [5, 5.41) is 0. The summed E-state index contributed by atoms with van der Waals surface area (Å²) in [5.74, 6) is -0.837. The first-order valence-corrected chi connectivity index (χ1v) is 35.6. The number of carbonyl (C=O) groups excluding carboxylic acids is 3. The fourth-order valence-electron chi connectivity index (χ4n) is 10.8. The monoisotopic (exact) mass is 1120 g/mol. The number of ether oxygens (including phenoxy) is 3. The van der Waals surface area contributed by atoms with Crippen molar-refractivity contribution in [2.24, 2.45) is 0 Å². The Bertz CT molecular complexity index is 1380. The van der Waals surface area contributed by atoms with Crippen molar-refractivity contribution in [2.75, 3.05) is 13.2 Å². The zero-order valence-electron chi connectivity index (χ0n) is 53.9. The van der Waals surface area contributed by atoms with Gasteiger partial charge in [0, 0.05) is 19.3 Å². The van der Waals surface area contributed by atoms with Crippen LogP contribution in [-0.2, 0) is 28.6 Å². The van der Waals surface area contributed by atoms with E-state index in [1.807, 2.05) is 0 Å². The molecule has 0 bridgehead atoms. The van der Waals surface area contributed by atoms with Crippen molar-refractivity contribution >= 4 is 17.9 Å². The van der Waals surface area contributed by atoms with Crippen LogP contribution in [0.15, 0.2) is 48.6 Å². The highest BCUT2D eigenvalue weighted by Crippen LogP contribution is 2.19. The molecule has 80 heavy (non-hydrogen) atoms. The molecule has 0 rings (SSSR count). The summed E-state index contributed by atoms with van der Waals surface area (Å²) < 4.78 is 17.0. The molecule has 0 aromatic heterocycles. The average Bonchev–Trinajstić information content (AvgIpc) is 3.46. The number of hydrogen-bond donors (Lipinski definition) is 0. The highest BCUT2D eigenvalue weighted by molar-refractivity contribution is 5.71. The van der Waals surface area contributed by atoms with Crippen molar-refractivity contribution in [1.82, 2.24) is 0 Å². The molecule has 0 heterocycles. The summed E-state index contributed by atoms with van der Waals surface area (Å²) in [7, 11) is 0. The van der Waals surface area contributed by atoms with Gasteiger partial charge in [-0.25, -0.2) is 0 Å². The molecule has 0 N–H and O–H groups in total. The van der Waals surface area contributed by atoms with Gasteiger partial charge < -0.3 is 14.2 Å². The SMILES string of the molecule is CC/C=C\C/C=C\C/C=C\C/C=C\CCCCCCCCCCCCCCCCC(=O)OCC(COC(=O)CCCCCCCCCCCCCC)OC(=O)CCCCCCCCCCCCCCCCCCCCCCCCC. The lowest BCUT2D eigenvalue weighted by molar-refractivity contribution is -0.167. The molecule has 0 saturated heterocycles. The Morgan fingerprint density at radius 1 is 0.263 bits per heavy atom. The molecule has 0 aliphatic heterocycles. The Kier molecular flexibility index (Phi) is 66.6. The first kappa shape index (κ1) is 77.4. The average molecular weight is 1120 g/mol. The molecule has 6 nitrogen and oxygen atoms in total. The lowest BCUT2D eigenvalue weighted by atomic mass is 10.0. The van der Waals surface area contributed by atoms with Gasteiger partial charge in [-0.05, 0) is 57.8 Å². The quantitative estimate of drug-likeness (QED) is 0.0261. The molecule has 0 aromatic rings. The van der Waals surface area contributed by atoms with Crippen molar-refractivity contribution in [3.63, 3.8) is 0 Å². The third-order valence-corrected chi connectivity index (χ3v) is 16.1. The normalized spacial score (nSPS) is 12.3. The van der Waals surface area contributed by atoms with E-state index in [1.54, 1.807) is 0 Å². The van der Waals surface area contributed by atoms with E-state index in [9.17, 15) is 14.4 Å². The number of hydrogen-bond acceptors (Lipinski definition) is 6. The van der Waals surface area contributed by atoms with Gasteiger partial charge in [-0.1, -0.05) is 358 Å².